The van der Waals surface area contributed by atoms with Crippen molar-refractivity contribution in [1.29, 1.82) is 0 Å². The van der Waals surface area contributed by atoms with Gasteiger partial charge in [0, 0.05) is 25.7 Å². The van der Waals surface area contributed by atoms with Gasteiger partial charge in [0.15, 0.2) is 0 Å². The van der Waals surface area contributed by atoms with Crippen LogP contribution >= 0.6 is 0 Å². The Balaban J connectivity index is 1.64. The fraction of sp³-hybridized carbons (Fsp3) is 0.588. The number of nitrogens with zero attached hydrogens (tertiary/aromatic N) is 1. The van der Waals surface area contributed by atoms with Crippen LogP contribution < -0.4 is 10.6 Å². The van der Waals surface area contributed by atoms with Gasteiger partial charge in [0.05, 0.1) is 4.90 Å². The first-order valence-electron chi connectivity index (χ1n) is 8.66. The van der Waals surface area contributed by atoms with E-state index in [9.17, 15) is 13.2 Å². The molecule has 1 aromatic rings. The lowest BCUT2D eigenvalue weighted by molar-refractivity contribution is -0.124. The van der Waals surface area contributed by atoms with Crippen molar-refractivity contribution >= 4 is 15.9 Å². The van der Waals surface area contributed by atoms with Crippen molar-refractivity contribution in [3.05, 3.63) is 30.3 Å². The van der Waals surface area contributed by atoms with Crippen molar-refractivity contribution in [1.82, 2.24) is 14.9 Å². The van der Waals surface area contributed by atoms with Crippen molar-refractivity contribution in [2.45, 2.75) is 49.1 Å². The van der Waals surface area contributed by atoms with Gasteiger partial charge in [-0.2, -0.15) is 4.31 Å². The van der Waals surface area contributed by atoms with Crippen molar-refractivity contribution in [2.24, 2.45) is 0 Å². The van der Waals surface area contributed by atoms with E-state index < -0.39 is 16.1 Å². The minimum Gasteiger partial charge on any atom is -0.352 e. The first-order valence-corrected chi connectivity index (χ1v) is 10.1. The minimum atomic E-state index is -3.55. The van der Waals surface area contributed by atoms with Crippen LogP contribution in [0.15, 0.2) is 35.2 Å². The maximum atomic E-state index is 12.7. The Hall–Kier alpha value is -1.44. The first-order chi connectivity index (χ1) is 11.6. The molecule has 1 atom stereocenters. The lowest BCUT2D eigenvalue weighted by Gasteiger charge is -2.33. The summed E-state index contributed by atoms with van der Waals surface area (Å²) < 4.78 is 26.8. The van der Waals surface area contributed by atoms with E-state index in [0.717, 1.165) is 25.7 Å². The molecular formula is C17H25N3O3S. The number of amides is 1. The number of sulfonamides is 1. The molecule has 24 heavy (non-hydrogen) atoms. The number of hydrogen-bond donors (Lipinski definition) is 2. The molecule has 0 spiro atoms. The van der Waals surface area contributed by atoms with Gasteiger partial charge in [0.1, 0.15) is 6.04 Å². The Kier molecular flexibility index (Phi) is 5.53. The molecular weight excluding hydrogens is 326 g/mol. The van der Waals surface area contributed by atoms with Gasteiger partial charge in [-0.05, 0) is 25.0 Å². The van der Waals surface area contributed by atoms with Crippen molar-refractivity contribution in [2.75, 3.05) is 19.6 Å². The predicted molar refractivity (Wildman–Crippen MR) is 92.0 cm³/mol. The van der Waals surface area contributed by atoms with Crippen LogP contribution in [0.5, 0.6) is 0 Å². The summed E-state index contributed by atoms with van der Waals surface area (Å²) in [7, 11) is -3.55. The summed E-state index contributed by atoms with van der Waals surface area (Å²) in [6, 6.07) is 8.14. The normalized spacial score (nSPS) is 23.8. The van der Waals surface area contributed by atoms with Crippen LogP contribution in [0.4, 0.5) is 0 Å². The Morgan fingerprint density at radius 2 is 1.83 bits per heavy atom. The van der Waals surface area contributed by atoms with Crippen LogP contribution in [-0.2, 0) is 14.8 Å². The summed E-state index contributed by atoms with van der Waals surface area (Å²) in [5, 5.41) is 6.22. The molecule has 1 aromatic carbocycles. The van der Waals surface area contributed by atoms with Crippen molar-refractivity contribution in [3.63, 3.8) is 0 Å². The standard InChI is InChI=1S/C17H25N3O3S/c21-17(19-14-7-3-1-4-8-14)16-13-20(12-11-18-16)24(22,23)15-9-5-2-6-10-15/h2,5-6,9-10,14,16,18H,1,3-4,7-8,11-13H2,(H,19,21)/t16-/m1/s1. The quantitative estimate of drug-likeness (QED) is 0.851. The average Bonchev–Trinajstić information content (AvgIpc) is 2.63. The molecule has 2 N–H and O–H groups in total. The molecule has 132 valence electrons. The van der Waals surface area contributed by atoms with E-state index in [1.54, 1.807) is 30.3 Å². The highest BCUT2D eigenvalue weighted by Gasteiger charge is 2.33. The molecule has 2 aliphatic rings. The summed E-state index contributed by atoms with van der Waals surface area (Å²) in [6.07, 6.45) is 5.57. The third-order valence-electron chi connectivity index (χ3n) is 4.79. The summed E-state index contributed by atoms with van der Waals surface area (Å²) in [5.74, 6) is -0.0881. The van der Waals surface area contributed by atoms with E-state index in [-0.39, 0.29) is 23.4 Å². The van der Waals surface area contributed by atoms with E-state index >= 15 is 0 Å². The highest BCUT2D eigenvalue weighted by atomic mass is 32.2. The lowest BCUT2D eigenvalue weighted by Crippen LogP contribution is -2.59. The molecule has 7 heteroatoms. The molecule has 0 bridgehead atoms. The monoisotopic (exact) mass is 351 g/mol. The van der Waals surface area contributed by atoms with Gasteiger partial charge in [-0.15, -0.1) is 0 Å². The number of carbonyl (C=O) groups is 1. The number of benzene rings is 1. The van der Waals surface area contributed by atoms with Gasteiger partial charge in [0.25, 0.3) is 0 Å². The zero-order valence-corrected chi connectivity index (χ0v) is 14.6. The Labute approximate surface area is 143 Å². The number of carbonyl (C=O) groups excluding carboxylic acids is 1. The molecule has 0 radical (unpaired) electrons. The van der Waals surface area contributed by atoms with Gasteiger partial charge >= 0.3 is 0 Å². The smallest absolute Gasteiger partial charge is 0.243 e. The van der Waals surface area contributed by atoms with Gasteiger partial charge < -0.3 is 10.6 Å². The third-order valence-corrected chi connectivity index (χ3v) is 6.67. The average molecular weight is 351 g/mol. The van der Waals surface area contributed by atoms with Gasteiger partial charge in [-0.3, -0.25) is 4.79 Å². The highest BCUT2D eigenvalue weighted by Crippen LogP contribution is 2.19. The zero-order chi connectivity index (χ0) is 17.0. The summed E-state index contributed by atoms with van der Waals surface area (Å²) in [4.78, 5) is 12.8. The number of rotatable bonds is 4. The number of nitrogens with one attached hydrogen (secondary N) is 2. The molecule has 2 fully saturated rings. The van der Waals surface area contributed by atoms with E-state index in [1.165, 1.54) is 10.7 Å². The first kappa shape index (κ1) is 17.4. The summed E-state index contributed by atoms with van der Waals surface area (Å²) in [6.45, 7) is 1.04. The third kappa shape index (κ3) is 3.96. The number of hydrogen-bond acceptors (Lipinski definition) is 4. The minimum absolute atomic E-state index is 0.0881. The predicted octanol–water partition coefficient (Wildman–Crippen LogP) is 1.10. The van der Waals surface area contributed by atoms with Gasteiger partial charge in [-0.1, -0.05) is 37.5 Å². The molecule has 1 saturated carbocycles. The Morgan fingerprint density at radius 3 is 2.54 bits per heavy atom. The molecule has 0 aromatic heterocycles. The van der Waals surface area contributed by atoms with Crippen LogP contribution in [0.1, 0.15) is 32.1 Å². The molecule has 1 amide bonds. The largest absolute Gasteiger partial charge is 0.352 e. The molecule has 1 saturated heterocycles. The summed E-state index contributed by atoms with van der Waals surface area (Å²) >= 11 is 0. The topological polar surface area (TPSA) is 78.5 Å². The highest BCUT2D eigenvalue weighted by molar-refractivity contribution is 7.89. The molecule has 1 heterocycles. The van der Waals surface area contributed by atoms with E-state index in [2.05, 4.69) is 10.6 Å². The fourth-order valence-electron chi connectivity index (χ4n) is 3.41. The van der Waals surface area contributed by atoms with Gasteiger partial charge in [0.2, 0.25) is 15.9 Å². The second kappa shape index (κ2) is 7.63. The van der Waals surface area contributed by atoms with E-state index in [4.69, 9.17) is 0 Å². The lowest BCUT2D eigenvalue weighted by atomic mass is 9.95. The van der Waals surface area contributed by atoms with Gasteiger partial charge in [-0.25, -0.2) is 8.42 Å². The fourth-order valence-corrected chi connectivity index (χ4v) is 4.88. The molecule has 0 unspecified atom stereocenters. The second-order valence-corrected chi connectivity index (χ2v) is 8.46. The van der Waals surface area contributed by atoms with Crippen LogP contribution in [-0.4, -0.2) is 50.3 Å². The Bertz CT molecular complexity index is 657. The SMILES string of the molecule is O=C(NC1CCCCC1)[C@H]1CN(S(=O)(=O)c2ccccc2)CCN1. The zero-order valence-electron chi connectivity index (χ0n) is 13.8. The molecule has 1 aliphatic carbocycles. The second-order valence-electron chi connectivity index (χ2n) is 6.53. The van der Waals surface area contributed by atoms with Crippen molar-refractivity contribution < 1.29 is 13.2 Å². The van der Waals surface area contributed by atoms with E-state index in [0.29, 0.717) is 13.1 Å². The Morgan fingerprint density at radius 1 is 1.12 bits per heavy atom. The van der Waals surface area contributed by atoms with Crippen LogP contribution in [0.2, 0.25) is 0 Å². The van der Waals surface area contributed by atoms with Crippen LogP contribution in [0, 0.1) is 0 Å². The summed E-state index contributed by atoms with van der Waals surface area (Å²) in [5.41, 5.74) is 0. The maximum absolute atomic E-state index is 12.7. The maximum Gasteiger partial charge on any atom is 0.243 e. The van der Waals surface area contributed by atoms with Crippen LogP contribution in [0.3, 0.4) is 0 Å². The van der Waals surface area contributed by atoms with E-state index in [1.807, 2.05) is 0 Å². The van der Waals surface area contributed by atoms with Crippen LogP contribution in [0.25, 0.3) is 0 Å². The molecule has 6 nitrogen and oxygen atoms in total. The molecule has 3 rings (SSSR count). The number of piperazine rings is 1. The molecule has 1 aliphatic heterocycles. The van der Waals surface area contributed by atoms with Crippen molar-refractivity contribution in [3.8, 4) is 0 Å².